The topological polar surface area (TPSA) is 97.4 Å². The molecule has 0 aromatic carbocycles. The number of anilines is 2. The molecule has 9 heteroatoms. The molecule has 1 aliphatic carbocycles. The molecule has 1 aliphatic rings. The summed E-state index contributed by atoms with van der Waals surface area (Å²) in [6.07, 6.45) is 3.85. The third-order valence-electron chi connectivity index (χ3n) is 3.85. The molecule has 26 heavy (non-hydrogen) atoms. The van der Waals surface area contributed by atoms with Crippen molar-refractivity contribution in [3.8, 4) is 0 Å². The molecular weight excluding hydrogens is 374 g/mol. The van der Waals surface area contributed by atoms with Crippen LogP contribution in [0, 0.1) is 0 Å². The van der Waals surface area contributed by atoms with Crippen molar-refractivity contribution in [3.63, 3.8) is 0 Å². The van der Waals surface area contributed by atoms with Crippen LogP contribution in [0.2, 0.25) is 0 Å². The van der Waals surface area contributed by atoms with E-state index >= 15 is 0 Å². The number of thiophene rings is 1. The van der Waals surface area contributed by atoms with Crippen LogP contribution in [0.15, 0.2) is 5.38 Å². The minimum absolute atomic E-state index is 0.0129. The van der Waals surface area contributed by atoms with Crippen molar-refractivity contribution < 1.29 is 19.1 Å². The van der Waals surface area contributed by atoms with Crippen LogP contribution in [-0.2, 0) is 33.8 Å². The lowest BCUT2D eigenvalue weighted by molar-refractivity contribution is -0.115. The molecule has 2 aromatic heterocycles. The van der Waals surface area contributed by atoms with Crippen LogP contribution in [0.3, 0.4) is 0 Å². The Morgan fingerprint density at radius 1 is 1.15 bits per heavy atom. The maximum Gasteiger partial charge on any atom is 0.341 e. The molecule has 2 aromatic rings. The van der Waals surface area contributed by atoms with Gasteiger partial charge in [-0.15, -0.1) is 22.7 Å². The monoisotopic (exact) mass is 393 g/mol. The van der Waals surface area contributed by atoms with E-state index in [9.17, 15) is 14.4 Å². The molecule has 2 amide bonds. The predicted octanol–water partition coefficient (Wildman–Crippen LogP) is 3.36. The molecule has 0 atom stereocenters. The molecule has 0 unspecified atom stereocenters. The van der Waals surface area contributed by atoms with Crippen molar-refractivity contribution in [2.45, 2.75) is 46.1 Å². The number of carbonyl (C=O) groups excluding carboxylic acids is 3. The Bertz CT molecular complexity index is 856. The third kappa shape index (κ3) is 4.28. The normalized spacial score (nSPS) is 13.0. The number of nitrogens with one attached hydrogen (secondary N) is 2. The summed E-state index contributed by atoms with van der Waals surface area (Å²) in [5.41, 5.74) is 2.03. The number of ether oxygens (including phenoxy) is 1. The fourth-order valence-corrected chi connectivity index (χ4v) is 4.89. The SMILES string of the molecule is CC(=O)Nc1nc(COC(=O)c2c(NC(C)=O)sc3c2CCCC3)cs1. The minimum Gasteiger partial charge on any atom is -0.455 e. The maximum atomic E-state index is 12.7. The first kappa shape index (κ1) is 18.5. The average Bonchev–Trinajstić information content (AvgIpc) is 3.15. The molecule has 0 spiro atoms. The van der Waals surface area contributed by atoms with Crippen LogP contribution >= 0.6 is 22.7 Å². The number of thiazole rings is 1. The molecule has 0 radical (unpaired) electrons. The van der Waals surface area contributed by atoms with Gasteiger partial charge in [-0.05, 0) is 31.2 Å². The van der Waals surface area contributed by atoms with Crippen molar-refractivity contribution in [1.29, 1.82) is 0 Å². The van der Waals surface area contributed by atoms with Gasteiger partial charge < -0.3 is 15.4 Å². The van der Waals surface area contributed by atoms with Gasteiger partial charge in [0.2, 0.25) is 11.8 Å². The van der Waals surface area contributed by atoms with Crippen molar-refractivity contribution in [1.82, 2.24) is 4.98 Å². The van der Waals surface area contributed by atoms with Gasteiger partial charge in [0, 0.05) is 24.1 Å². The van der Waals surface area contributed by atoms with E-state index in [0.717, 1.165) is 36.1 Å². The summed E-state index contributed by atoms with van der Waals surface area (Å²) < 4.78 is 5.43. The van der Waals surface area contributed by atoms with Crippen molar-refractivity contribution in [2.24, 2.45) is 0 Å². The van der Waals surface area contributed by atoms with E-state index in [2.05, 4.69) is 15.6 Å². The van der Waals surface area contributed by atoms with Gasteiger partial charge in [-0.2, -0.15) is 0 Å². The van der Waals surface area contributed by atoms with Crippen molar-refractivity contribution in [2.75, 3.05) is 10.6 Å². The molecule has 7 nitrogen and oxygen atoms in total. The number of carbonyl (C=O) groups is 3. The number of nitrogens with zero attached hydrogens (tertiary/aromatic N) is 1. The van der Waals surface area contributed by atoms with Crippen LogP contribution < -0.4 is 10.6 Å². The molecule has 0 saturated carbocycles. The van der Waals surface area contributed by atoms with Gasteiger partial charge in [0.1, 0.15) is 11.6 Å². The standard InChI is InChI=1S/C17H19N3O4S2/c1-9(21)18-15-14(12-5-3-4-6-13(12)26-15)16(23)24-7-11-8-25-17(20-11)19-10(2)22/h8H,3-7H2,1-2H3,(H,18,21)(H,19,20,22). The summed E-state index contributed by atoms with van der Waals surface area (Å²) >= 11 is 2.73. The van der Waals surface area contributed by atoms with Gasteiger partial charge in [-0.1, -0.05) is 0 Å². The Morgan fingerprint density at radius 3 is 2.62 bits per heavy atom. The molecular formula is C17H19N3O4S2. The summed E-state index contributed by atoms with van der Waals surface area (Å²) in [7, 11) is 0. The third-order valence-corrected chi connectivity index (χ3v) is 5.86. The first-order valence-electron chi connectivity index (χ1n) is 8.25. The molecule has 138 valence electrons. The Morgan fingerprint density at radius 2 is 1.88 bits per heavy atom. The zero-order chi connectivity index (χ0) is 18.7. The second kappa shape index (κ2) is 7.96. The van der Waals surface area contributed by atoms with Gasteiger partial charge in [0.15, 0.2) is 5.13 Å². The van der Waals surface area contributed by atoms with E-state index in [-0.39, 0.29) is 18.4 Å². The Labute approximate surface area is 158 Å². The second-order valence-corrected chi connectivity index (χ2v) is 7.96. The minimum atomic E-state index is -0.456. The Kier molecular flexibility index (Phi) is 5.67. The summed E-state index contributed by atoms with van der Waals surface area (Å²) in [5, 5.41) is 8.11. The summed E-state index contributed by atoms with van der Waals surface area (Å²) in [5.74, 6) is -0.868. The lowest BCUT2D eigenvalue weighted by Crippen LogP contribution is -2.13. The van der Waals surface area contributed by atoms with Crippen molar-refractivity contribution in [3.05, 3.63) is 27.1 Å². The lowest BCUT2D eigenvalue weighted by Gasteiger charge is -2.12. The molecule has 2 N–H and O–H groups in total. The van der Waals surface area contributed by atoms with Crippen LogP contribution in [-0.4, -0.2) is 22.8 Å². The van der Waals surface area contributed by atoms with Crippen LogP contribution in [0.1, 0.15) is 53.2 Å². The fourth-order valence-electron chi connectivity index (χ4n) is 2.82. The number of esters is 1. The van der Waals surface area contributed by atoms with E-state index in [0.29, 0.717) is 21.4 Å². The van der Waals surface area contributed by atoms with Gasteiger partial charge in [0.25, 0.3) is 0 Å². The highest BCUT2D eigenvalue weighted by molar-refractivity contribution is 7.17. The summed E-state index contributed by atoms with van der Waals surface area (Å²) in [6, 6.07) is 0. The highest BCUT2D eigenvalue weighted by Crippen LogP contribution is 2.38. The van der Waals surface area contributed by atoms with Crippen LogP contribution in [0.4, 0.5) is 10.1 Å². The number of hydrogen-bond acceptors (Lipinski definition) is 7. The largest absolute Gasteiger partial charge is 0.455 e. The zero-order valence-electron chi connectivity index (χ0n) is 14.5. The second-order valence-electron chi connectivity index (χ2n) is 6.00. The molecule has 0 fully saturated rings. The van der Waals surface area contributed by atoms with E-state index in [1.807, 2.05) is 0 Å². The lowest BCUT2D eigenvalue weighted by atomic mass is 9.95. The quantitative estimate of drug-likeness (QED) is 0.759. The smallest absolute Gasteiger partial charge is 0.341 e. The molecule has 0 saturated heterocycles. The van der Waals surface area contributed by atoms with Crippen molar-refractivity contribution >= 4 is 50.6 Å². The number of hydrogen-bond donors (Lipinski definition) is 2. The molecule has 0 aliphatic heterocycles. The van der Waals surface area contributed by atoms with Gasteiger partial charge >= 0.3 is 5.97 Å². The fraction of sp³-hybridized carbons (Fsp3) is 0.412. The zero-order valence-corrected chi connectivity index (χ0v) is 16.1. The van der Waals surface area contributed by atoms with Crippen LogP contribution in [0.25, 0.3) is 0 Å². The Hall–Kier alpha value is -2.26. The number of fused-ring (bicyclic) bond motifs is 1. The average molecular weight is 393 g/mol. The van der Waals surface area contributed by atoms with Gasteiger partial charge in [-0.25, -0.2) is 9.78 Å². The van der Waals surface area contributed by atoms with Gasteiger partial charge in [0.05, 0.1) is 11.3 Å². The van der Waals surface area contributed by atoms with Crippen LogP contribution in [0.5, 0.6) is 0 Å². The summed E-state index contributed by atoms with van der Waals surface area (Å²) in [6.45, 7) is 2.84. The molecule has 0 bridgehead atoms. The first-order valence-corrected chi connectivity index (χ1v) is 9.95. The maximum absolute atomic E-state index is 12.7. The molecule has 3 rings (SSSR count). The highest BCUT2D eigenvalue weighted by atomic mass is 32.1. The number of amides is 2. The number of aromatic nitrogens is 1. The van der Waals surface area contributed by atoms with E-state index in [4.69, 9.17) is 4.74 Å². The summed E-state index contributed by atoms with van der Waals surface area (Å²) in [4.78, 5) is 40.5. The molecule has 2 heterocycles. The highest BCUT2D eigenvalue weighted by Gasteiger charge is 2.27. The first-order chi connectivity index (χ1) is 12.4. The van der Waals surface area contributed by atoms with E-state index in [1.165, 1.54) is 36.5 Å². The predicted molar refractivity (Wildman–Crippen MR) is 101 cm³/mol. The number of aryl methyl sites for hydroxylation is 1. The van der Waals surface area contributed by atoms with Gasteiger partial charge in [-0.3, -0.25) is 9.59 Å². The van der Waals surface area contributed by atoms with E-state index < -0.39 is 5.97 Å². The van der Waals surface area contributed by atoms with E-state index in [1.54, 1.807) is 5.38 Å². The number of rotatable bonds is 5. The Balaban J connectivity index is 1.74.